The van der Waals surface area contributed by atoms with Crippen LogP contribution in [0.1, 0.15) is 17.5 Å². The van der Waals surface area contributed by atoms with Gasteiger partial charge in [0.25, 0.3) is 0 Å². The normalized spacial score (nSPS) is 11.0. The van der Waals surface area contributed by atoms with Crippen molar-refractivity contribution in [1.29, 1.82) is 0 Å². The van der Waals surface area contributed by atoms with E-state index in [0.717, 1.165) is 44.5 Å². The predicted octanol–water partition coefficient (Wildman–Crippen LogP) is 8.84. The number of benzene rings is 5. The average Bonchev–Trinajstić information content (AvgIpc) is 3.18. The molecule has 9 nitrogen and oxygen atoms in total. The van der Waals surface area contributed by atoms with Crippen molar-refractivity contribution in [2.24, 2.45) is 0 Å². The van der Waals surface area contributed by atoms with E-state index in [1.165, 1.54) is 0 Å². The standard InChI is InChI=1S/C42H31N9/c1-26-43-27(2)45-40(44-26)34-23-35(41-47-28(3)46-37(48-41)30-16-9-5-10-17-30)25-36(24-34)42-50-38(31-18-11-6-12-19-31)49-39(51-42)33-21-13-20-32(22-33)29-14-7-4-8-15-29/h4-25H,1-3H3. The van der Waals surface area contributed by atoms with E-state index in [4.69, 9.17) is 34.9 Å². The van der Waals surface area contributed by atoms with Crippen molar-refractivity contribution in [2.75, 3.05) is 0 Å². The van der Waals surface area contributed by atoms with Gasteiger partial charge in [-0.25, -0.2) is 44.9 Å². The van der Waals surface area contributed by atoms with Gasteiger partial charge in [-0.1, -0.05) is 109 Å². The van der Waals surface area contributed by atoms with Crippen molar-refractivity contribution >= 4 is 0 Å². The van der Waals surface area contributed by atoms with Crippen LogP contribution in [0.15, 0.2) is 133 Å². The average molecular weight is 662 g/mol. The molecule has 0 aliphatic rings. The third kappa shape index (κ3) is 6.86. The maximum atomic E-state index is 5.09. The maximum Gasteiger partial charge on any atom is 0.164 e. The van der Waals surface area contributed by atoms with Crippen LogP contribution in [0.5, 0.6) is 0 Å². The summed E-state index contributed by atoms with van der Waals surface area (Å²) in [5.74, 6) is 5.08. The van der Waals surface area contributed by atoms with Gasteiger partial charge in [-0.2, -0.15) is 0 Å². The molecule has 0 N–H and O–H groups in total. The van der Waals surface area contributed by atoms with E-state index in [0.29, 0.717) is 52.4 Å². The number of hydrogen-bond acceptors (Lipinski definition) is 9. The second kappa shape index (κ2) is 13.6. The van der Waals surface area contributed by atoms with E-state index in [9.17, 15) is 0 Å². The molecule has 3 aromatic heterocycles. The second-order valence-electron chi connectivity index (χ2n) is 12.1. The summed E-state index contributed by atoms with van der Waals surface area (Å²) < 4.78 is 0. The quantitative estimate of drug-likeness (QED) is 0.165. The Morgan fingerprint density at radius 2 is 0.529 bits per heavy atom. The van der Waals surface area contributed by atoms with Gasteiger partial charge < -0.3 is 0 Å². The lowest BCUT2D eigenvalue weighted by Gasteiger charge is -2.12. The molecule has 0 atom stereocenters. The summed E-state index contributed by atoms with van der Waals surface area (Å²) in [5.41, 5.74) is 7.06. The molecule has 0 radical (unpaired) electrons. The first-order valence-electron chi connectivity index (χ1n) is 16.6. The fourth-order valence-electron chi connectivity index (χ4n) is 5.91. The molecule has 0 aliphatic heterocycles. The molecule has 0 aliphatic carbocycles. The molecule has 0 spiro atoms. The van der Waals surface area contributed by atoms with Crippen LogP contribution in [0.3, 0.4) is 0 Å². The van der Waals surface area contributed by atoms with Gasteiger partial charge in [-0.15, -0.1) is 0 Å². The van der Waals surface area contributed by atoms with Gasteiger partial charge in [-0.05, 0) is 56.2 Å². The highest BCUT2D eigenvalue weighted by molar-refractivity contribution is 5.78. The van der Waals surface area contributed by atoms with Gasteiger partial charge in [0.15, 0.2) is 34.9 Å². The fraction of sp³-hybridized carbons (Fsp3) is 0.0714. The van der Waals surface area contributed by atoms with Gasteiger partial charge in [0.2, 0.25) is 0 Å². The summed E-state index contributed by atoms with van der Waals surface area (Å²) in [4.78, 5) is 43.3. The Morgan fingerprint density at radius 1 is 0.235 bits per heavy atom. The van der Waals surface area contributed by atoms with Crippen LogP contribution < -0.4 is 0 Å². The van der Waals surface area contributed by atoms with Crippen molar-refractivity contribution in [3.05, 3.63) is 151 Å². The highest BCUT2D eigenvalue weighted by atomic mass is 15.0. The largest absolute Gasteiger partial charge is 0.219 e. The molecule has 0 fully saturated rings. The molecule has 0 amide bonds. The van der Waals surface area contributed by atoms with Crippen LogP contribution in [-0.4, -0.2) is 44.9 Å². The zero-order valence-corrected chi connectivity index (χ0v) is 28.2. The van der Waals surface area contributed by atoms with Crippen LogP contribution in [0, 0.1) is 20.8 Å². The van der Waals surface area contributed by atoms with E-state index in [2.05, 4.69) is 34.2 Å². The zero-order valence-electron chi connectivity index (χ0n) is 28.2. The molecule has 8 rings (SSSR count). The van der Waals surface area contributed by atoms with Gasteiger partial charge in [0.1, 0.15) is 17.5 Å². The van der Waals surface area contributed by atoms with E-state index in [-0.39, 0.29) is 0 Å². The molecular formula is C42H31N9. The van der Waals surface area contributed by atoms with Crippen LogP contribution in [0.4, 0.5) is 0 Å². The molecule has 0 saturated carbocycles. The zero-order chi connectivity index (χ0) is 34.7. The highest BCUT2D eigenvalue weighted by Crippen LogP contribution is 2.33. The Kier molecular flexibility index (Phi) is 8.35. The lowest BCUT2D eigenvalue weighted by atomic mass is 10.0. The van der Waals surface area contributed by atoms with Crippen molar-refractivity contribution < 1.29 is 0 Å². The topological polar surface area (TPSA) is 116 Å². The van der Waals surface area contributed by atoms with Crippen molar-refractivity contribution in [1.82, 2.24) is 44.9 Å². The maximum absolute atomic E-state index is 5.09. The van der Waals surface area contributed by atoms with Crippen LogP contribution in [0.2, 0.25) is 0 Å². The lowest BCUT2D eigenvalue weighted by molar-refractivity contribution is 0.928. The minimum atomic E-state index is 0.489. The van der Waals surface area contributed by atoms with Crippen molar-refractivity contribution in [3.8, 4) is 79.5 Å². The summed E-state index contributed by atoms with van der Waals surface area (Å²) in [6.45, 7) is 5.59. The third-order valence-electron chi connectivity index (χ3n) is 8.24. The first kappa shape index (κ1) is 31.4. The summed E-state index contributed by atoms with van der Waals surface area (Å²) >= 11 is 0. The van der Waals surface area contributed by atoms with Gasteiger partial charge in [-0.3, -0.25) is 0 Å². The molecule has 3 heterocycles. The first-order chi connectivity index (χ1) is 24.9. The second-order valence-corrected chi connectivity index (χ2v) is 12.1. The van der Waals surface area contributed by atoms with E-state index < -0.39 is 0 Å². The molecule has 0 saturated heterocycles. The summed E-state index contributed by atoms with van der Waals surface area (Å²) in [5, 5.41) is 0. The van der Waals surface area contributed by atoms with E-state index >= 15 is 0 Å². The smallest absolute Gasteiger partial charge is 0.164 e. The van der Waals surface area contributed by atoms with Crippen LogP contribution in [0.25, 0.3) is 79.5 Å². The van der Waals surface area contributed by atoms with E-state index in [1.54, 1.807) is 0 Å². The monoisotopic (exact) mass is 661 g/mol. The first-order valence-corrected chi connectivity index (χ1v) is 16.6. The Morgan fingerprint density at radius 3 is 1.02 bits per heavy atom. The van der Waals surface area contributed by atoms with Crippen LogP contribution in [-0.2, 0) is 0 Å². The van der Waals surface area contributed by atoms with Crippen molar-refractivity contribution in [2.45, 2.75) is 20.8 Å². The SMILES string of the molecule is Cc1nc(C)nc(-c2cc(-c3nc(C)nc(-c4ccccc4)n3)cc(-c3nc(-c4ccccc4)nc(-c4cccc(-c5ccccc5)c4)n3)c2)n1. The molecule has 8 aromatic rings. The molecular weight excluding hydrogens is 631 g/mol. The van der Waals surface area contributed by atoms with E-state index in [1.807, 2.05) is 130 Å². The molecule has 0 unspecified atom stereocenters. The Labute approximate surface area is 295 Å². The molecule has 244 valence electrons. The molecule has 9 heteroatoms. The lowest BCUT2D eigenvalue weighted by Crippen LogP contribution is -2.03. The Hall–Kier alpha value is -6.87. The molecule has 5 aromatic carbocycles. The Balaban J connectivity index is 1.34. The number of hydrogen-bond donors (Lipinski definition) is 0. The summed E-state index contributed by atoms with van der Waals surface area (Å²) in [6.07, 6.45) is 0. The van der Waals surface area contributed by atoms with Gasteiger partial charge in [0, 0.05) is 33.4 Å². The predicted molar refractivity (Wildman–Crippen MR) is 199 cm³/mol. The highest BCUT2D eigenvalue weighted by Gasteiger charge is 2.18. The van der Waals surface area contributed by atoms with Crippen LogP contribution >= 0.6 is 0 Å². The number of aromatic nitrogens is 9. The summed E-state index contributed by atoms with van der Waals surface area (Å²) in [7, 11) is 0. The fourth-order valence-corrected chi connectivity index (χ4v) is 5.91. The minimum absolute atomic E-state index is 0.489. The molecule has 51 heavy (non-hydrogen) atoms. The van der Waals surface area contributed by atoms with Gasteiger partial charge >= 0.3 is 0 Å². The Bertz CT molecular complexity index is 2480. The third-order valence-corrected chi connectivity index (χ3v) is 8.24. The number of rotatable bonds is 7. The number of nitrogens with zero attached hydrogens (tertiary/aromatic N) is 9. The minimum Gasteiger partial charge on any atom is -0.219 e. The molecule has 0 bridgehead atoms. The van der Waals surface area contributed by atoms with Crippen molar-refractivity contribution in [3.63, 3.8) is 0 Å². The summed E-state index contributed by atoms with van der Waals surface area (Å²) in [6, 6.07) is 44.3. The number of aryl methyl sites for hydroxylation is 3. The van der Waals surface area contributed by atoms with Gasteiger partial charge in [0.05, 0.1) is 0 Å².